The highest BCUT2D eigenvalue weighted by atomic mass is 16.5. The van der Waals surface area contributed by atoms with Crippen LogP contribution in [0.1, 0.15) is 40.1 Å². The van der Waals surface area contributed by atoms with E-state index in [-0.39, 0.29) is 11.3 Å². The van der Waals surface area contributed by atoms with Crippen LogP contribution in [0.3, 0.4) is 0 Å². The van der Waals surface area contributed by atoms with Gasteiger partial charge in [-0.25, -0.2) is 4.79 Å². The average molecular weight is 328 g/mol. The van der Waals surface area contributed by atoms with Crippen LogP contribution in [-0.4, -0.2) is 29.9 Å². The number of aryl methyl sites for hydroxylation is 1. The Kier molecular flexibility index (Phi) is 4.20. The summed E-state index contributed by atoms with van der Waals surface area (Å²) in [7, 11) is 1.28. The number of carbonyl (C=O) groups is 1. The number of aliphatic hydroxyl groups is 1. The van der Waals surface area contributed by atoms with E-state index in [0.29, 0.717) is 12.2 Å². The van der Waals surface area contributed by atoms with E-state index in [2.05, 4.69) is 0 Å². The fourth-order valence-corrected chi connectivity index (χ4v) is 3.03. The summed E-state index contributed by atoms with van der Waals surface area (Å²) in [5.74, 6) is 0.0842. The predicted octanol–water partition coefficient (Wildman–Crippen LogP) is 3.14. The zero-order valence-electron chi connectivity index (χ0n) is 13.9. The number of phenolic OH excluding ortho intramolecular Hbond substituents is 1. The summed E-state index contributed by atoms with van der Waals surface area (Å²) < 4.78 is 10.4. The van der Waals surface area contributed by atoms with Gasteiger partial charge in [-0.05, 0) is 60.4 Å². The lowest BCUT2D eigenvalue weighted by atomic mass is 9.94. The Bertz CT molecular complexity index is 808. The summed E-state index contributed by atoms with van der Waals surface area (Å²) in [4.78, 5) is 11.9. The Balaban J connectivity index is 2.18. The van der Waals surface area contributed by atoms with Gasteiger partial charge in [0.15, 0.2) is 0 Å². The van der Waals surface area contributed by atoms with Gasteiger partial charge in [-0.15, -0.1) is 0 Å². The summed E-state index contributed by atoms with van der Waals surface area (Å²) in [6.07, 6.45) is 0.124. The molecule has 24 heavy (non-hydrogen) atoms. The number of methoxy groups -OCH3 is 1. The zero-order chi connectivity index (χ0) is 17.4. The van der Waals surface area contributed by atoms with Crippen LogP contribution in [0.4, 0.5) is 0 Å². The van der Waals surface area contributed by atoms with E-state index in [1.54, 1.807) is 19.9 Å². The second-order valence-electron chi connectivity index (χ2n) is 6.01. The lowest BCUT2D eigenvalue weighted by Crippen LogP contribution is -2.03. The van der Waals surface area contributed by atoms with Crippen LogP contribution in [0.2, 0.25) is 0 Å². The number of hydrogen-bond donors (Lipinski definition) is 2. The fraction of sp³-hybridized carbons (Fsp3) is 0.316. The van der Waals surface area contributed by atoms with Crippen molar-refractivity contribution in [3.63, 3.8) is 0 Å². The minimum Gasteiger partial charge on any atom is -0.507 e. The third-order valence-corrected chi connectivity index (χ3v) is 4.30. The van der Waals surface area contributed by atoms with Gasteiger partial charge in [-0.2, -0.15) is 0 Å². The molecule has 0 saturated heterocycles. The van der Waals surface area contributed by atoms with Crippen molar-refractivity contribution >= 4 is 5.97 Å². The quantitative estimate of drug-likeness (QED) is 0.847. The molecule has 0 fully saturated rings. The molecule has 126 valence electrons. The highest BCUT2D eigenvalue weighted by Gasteiger charge is 2.22. The second kappa shape index (κ2) is 6.17. The molecule has 0 spiro atoms. The Labute approximate surface area is 140 Å². The van der Waals surface area contributed by atoms with Gasteiger partial charge in [0, 0.05) is 12.0 Å². The van der Waals surface area contributed by atoms with Gasteiger partial charge in [-0.3, -0.25) is 0 Å². The predicted molar refractivity (Wildman–Crippen MR) is 89.5 cm³/mol. The largest absolute Gasteiger partial charge is 0.507 e. The van der Waals surface area contributed by atoms with Crippen molar-refractivity contribution < 1.29 is 24.5 Å². The zero-order valence-corrected chi connectivity index (χ0v) is 13.9. The van der Waals surface area contributed by atoms with Crippen molar-refractivity contribution in [1.29, 1.82) is 0 Å². The molecule has 5 nitrogen and oxygen atoms in total. The van der Waals surface area contributed by atoms with Gasteiger partial charge in [0.25, 0.3) is 0 Å². The number of phenols is 1. The molecule has 1 atom stereocenters. The maximum Gasteiger partial charge on any atom is 0.341 e. The number of carbonyl (C=O) groups excluding carboxylic acids is 1. The molecule has 0 aliphatic carbocycles. The van der Waals surface area contributed by atoms with Crippen LogP contribution in [-0.2, 0) is 11.2 Å². The van der Waals surface area contributed by atoms with Gasteiger partial charge < -0.3 is 19.7 Å². The molecule has 0 radical (unpaired) electrons. The summed E-state index contributed by atoms with van der Waals surface area (Å²) in [5, 5.41) is 20.2. The third-order valence-electron chi connectivity index (χ3n) is 4.30. The smallest absolute Gasteiger partial charge is 0.341 e. The molecule has 2 aromatic carbocycles. The molecule has 1 heterocycles. The second-order valence-corrected chi connectivity index (χ2v) is 6.01. The average Bonchev–Trinajstić information content (AvgIpc) is 3.03. The number of aromatic hydroxyl groups is 1. The summed E-state index contributed by atoms with van der Waals surface area (Å²) in [6.45, 7) is 4.03. The first-order valence-electron chi connectivity index (χ1n) is 7.82. The van der Waals surface area contributed by atoms with E-state index in [9.17, 15) is 15.0 Å². The van der Waals surface area contributed by atoms with E-state index in [0.717, 1.165) is 34.4 Å². The van der Waals surface area contributed by atoms with Crippen molar-refractivity contribution in [2.75, 3.05) is 13.7 Å². The van der Waals surface area contributed by atoms with Crippen molar-refractivity contribution in [2.24, 2.45) is 0 Å². The molecule has 2 N–H and O–H groups in total. The molecule has 1 aliphatic rings. The van der Waals surface area contributed by atoms with Crippen LogP contribution in [0.5, 0.6) is 11.5 Å². The number of fused-ring (bicyclic) bond motifs is 1. The standard InChI is InChI=1S/C19H20O5/c1-10-6-13(9-16(17(10)21)19(22)23-3)14-7-12-4-5-24-18(12)15(8-14)11(2)20/h6-9,11,20-21H,4-5H2,1-3H3/t11-/m1/s1. The lowest BCUT2D eigenvalue weighted by molar-refractivity contribution is 0.0597. The first-order valence-corrected chi connectivity index (χ1v) is 7.82. The number of esters is 1. The molecule has 0 bridgehead atoms. The van der Waals surface area contributed by atoms with Gasteiger partial charge in [0.2, 0.25) is 0 Å². The fourth-order valence-electron chi connectivity index (χ4n) is 3.03. The molecule has 3 rings (SSSR count). The van der Waals surface area contributed by atoms with Crippen LogP contribution in [0, 0.1) is 6.92 Å². The van der Waals surface area contributed by atoms with Crippen molar-refractivity contribution in [3.8, 4) is 22.6 Å². The first-order chi connectivity index (χ1) is 11.4. The van der Waals surface area contributed by atoms with Crippen molar-refractivity contribution in [2.45, 2.75) is 26.4 Å². The molecule has 1 aliphatic heterocycles. The van der Waals surface area contributed by atoms with Crippen LogP contribution in [0.15, 0.2) is 24.3 Å². The van der Waals surface area contributed by atoms with Gasteiger partial charge >= 0.3 is 5.97 Å². The number of benzene rings is 2. The molecular weight excluding hydrogens is 308 g/mol. The van der Waals surface area contributed by atoms with Gasteiger partial charge in [0.05, 0.1) is 19.8 Å². The Morgan fingerprint density at radius 3 is 2.62 bits per heavy atom. The van der Waals surface area contributed by atoms with Gasteiger partial charge in [0.1, 0.15) is 17.1 Å². The number of ether oxygens (including phenoxy) is 2. The maximum atomic E-state index is 11.9. The van der Waals surface area contributed by atoms with E-state index >= 15 is 0 Å². The Hall–Kier alpha value is -2.53. The van der Waals surface area contributed by atoms with Gasteiger partial charge in [-0.1, -0.05) is 0 Å². The molecule has 5 heteroatoms. The Morgan fingerprint density at radius 2 is 1.96 bits per heavy atom. The monoisotopic (exact) mass is 328 g/mol. The number of aliphatic hydroxyl groups excluding tert-OH is 1. The molecule has 0 saturated carbocycles. The van der Waals surface area contributed by atoms with E-state index in [1.165, 1.54) is 7.11 Å². The number of rotatable bonds is 3. The minimum absolute atomic E-state index is 0.0779. The summed E-state index contributed by atoms with van der Waals surface area (Å²) in [5.41, 5.74) is 4.12. The number of hydrogen-bond acceptors (Lipinski definition) is 5. The van der Waals surface area contributed by atoms with Crippen molar-refractivity contribution in [3.05, 3.63) is 46.5 Å². The van der Waals surface area contributed by atoms with E-state index in [4.69, 9.17) is 9.47 Å². The van der Waals surface area contributed by atoms with Crippen LogP contribution in [0.25, 0.3) is 11.1 Å². The normalized spacial score (nSPS) is 14.0. The third kappa shape index (κ3) is 2.71. The first kappa shape index (κ1) is 16.3. The topological polar surface area (TPSA) is 76.0 Å². The summed E-state index contributed by atoms with van der Waals surface area (Å²) >= 11 is 0. The minimum atomic E-state index is -0.657. The van der Waals surface area contributed by atoms with Crippen LogP contribution >= 0.6 is 0 Å². The molecule has 0 aromatic heterocycles. The lowest BCUT2D eigenvalue weighted by Gasteiger charge is -2.15. The van der Waals surface area contributed by atoms with E-state index in [1.807, 2.05) is 18.2 Å². The summed E-state index contributed by atoms with van der Waals surface area (Å²) in [6, 6.07) is 7.28. The van der Waals surface area contributed by atoms with Crippen LogP contribution < -0.4 is 4.74 Å². The molecule has 0 unspecified atom stereocenters. The highest BCUT2D eigenvalue weighted by molar-refractivity contribution is 5.94. The SMILES string of the molecule is COC(=O)c1cc(-c2cc3c(c([C@@H](C)O)c2)OCC3)cc(C)c1O. The van der Waals surface area contributed by atoms with Crippen molar-refractivity contribution in [1.82, 2.24) is 0 Å². The maximum absolute atomic E-state index is 11.9. The van der Waals surface area contributed by atoms with E-state index < -0.39 is 12.1 Å². The molecular formula is C19H20O5. The molecule has 2 aromatic rings. The molecule has 0 amide bonds. The highest BCUT2D eigenvalue weighted by Crippen LogP contribution is 2.39. The Morgan fingerprint density at radius 1 is 1.25 bits per heavy atom.